The van der Waals surface area contributed by atoms with Crippen molar-refractivity contribution in [3.63, 3.8) is 0 Å². The van der Waals surface area contributed by atoms with Gasteiger partial charge in [-0.25, -0.2) is 9.97 Å². The number of rotatable bonds is 3. The molecule has 0 fully saturated rings. The molecule has 2 rings (SSSR count). The van der Waals surface area contributed by atoms with Gasteiger partial charge >= 0.3 is 0 Å². The van der Waals surface area contributed by atoms with E-state index in [4.69, 9.17) is 0 Å². The molecular formula is C7H7N7S. The van der Waals surface area contributed by atoms with Crippen molar-refractivity contribution in [2.24, 2.45) is 0 Å². The van der Waals surface area contributed by atoms with Crippen LogP contribution in [-0.4, -0.2) is 36.6 Å². The van der Waals surface area contributed by atoms with E-state index in [0.717, 1.165) is 0 Å². The van der Waals surface area contributed by atoms with Crippen LogP contribution in [0, 0.1) is 0 Å². The number of anilines is 2. The molecule has 1 N–H and O–H groups in total. The third-order valence-electron chi connectivity index (χ3n) is 1.44. The van der Waals surface area contributed by atoms with Crippen molar-refractivity contribution in [1.82, 2.24) is 30.4 Å². The van der Waals surface area contributed by atoms with E-state index in [9.17, 15) is 0 Å². The van der Waals surface area contributed by atoms with Gasteiger partial charge in [0.2, 0.25) is 11.1 Å². The Morgan fingerprint density at radius 1 is 1.20 bits per heavy atom. The zero-order valence-corrected chi connectivity index (χ0v) is 8.64. The Balaban J connectivity index is 2.17. The SMILES string of the molecule is CSc1nncc(Nc2nccnn2)n1. The molecule has 0 saturated heterocycles. The number of hydrogen-bond acceptors (Lipinski definition) is 8. The molecule has 0 atom stereocenters. The summed E-state index contributed by atoms with van der Waals surface area (Å²) in [6.07, 6.45) is 6.41. The van der Waals surface area contributed by atoms with Crippen LogP contribution in [0.1, 0.15) is 0 Å². The lowest BCUT2D eigenvalue weighted by molar-refractivity contribution is 0.842. The second-order valence-electron chi connectivity index (χ2n) is 2.42. The summed E-state index contributed by atoms with van der Waals surface area (Å²) < 4.78 is 0. The summed E-state index contributed by atoms with van der Waals surface area (Å²) in [5.74, 6) is 0.924. The highest BCUT2D eigenvalue weighted by Crippen LogP contribution is 2.11. The van der Waals surface area contributed by atoms with E-state index in [0.29, 0.717) is 16.9 Å². The summed E-state index contributed by atoms with van der Waals surface area (Å²) in [6.45, 7) is 0. The smallest absolute Gasteiger partial charge is 0.248 e. The van der Waals surface area contributed by atoms with Crippen molar-refractivity contribution in [2.45, 2.75) is 5.16 Å². The Labute approximate surface area is 89.8 Å². The molecule has 0 aliphatic rings. The van der Waals surface area contributed by atoms with Crippen LogP contribution in [0.4, 0.5) is 11.8 Å². The van der Waals surface area contributed by atoms with E-state index >= 15 is 0 Å². The van der Waals surface area contributed by atoms with Gasteiger partial charge in [0.15, 0.2) is 5.82 Å². The van der Waals surface area contributed by atoms with Gasteiger partial charge in [0.1, 0.15) is 0 Å². The van der Waals surface area contributed by atoms with Gasteiger partial charge in [0.25, 0.3) is 0 Å². The topological polar surface area (TPSA) is 89.4 Å². The third-order valence-corrected chi connectivity index (χ3v) is 1.98. The Bertz CT molecular complexity index is 434. The number of thioether (sulfide) groups is 1. The largest absolute Gasteiger partial charge is 0.306 e. The Kier molecular flexibility index (Phi) is 2.98. The van der Waals surface area contributed by atoms with Crippen molar-refractivity contribution < 1.29 is 0 Å². The van der Waals surface area contributed by atoms with Gasteiger partial charge in [-0.05, 0) is 6.26 Å². The second-order valence-corrected chi connectivity index (χ2v) is 3.19. The van der Waals surface area contributed by atoms with Crippen molar-refractivity contribution in [3.8, 4) is 0 Å². The van der Waals surface area contributed by atoms with Crippen LogP contribution in [0.3, 0.4) is 0 Å². The number of nitrogens with zero attached hydrogens (tertiary/aromatic N) is 6. The summed E-state index contributed by atoms with van der Waals surface area (Å²) in [6, 6.07) is 0. The maximum Gasteiger partial charge on any atom is 0.248 e. The Morgan fingerprint density at radius 2 is 2.13 bits per heavy atom. The van der Waals surface area contributed by atoms with E-state index in [1.807, 2.05) is 6.26 Å². The molecule has 7 nitrogen and oxygen atoms in total. The van der Waals surface area contributed by atoms with Gasteiger partial charge in [-0.15, -0.1) is 10.2 Å². The average Bonchev–Trinajstić information content (AvgIpc) is 2.31. The molecule has 0 unspecified atom stereocenters. The monoisotopic (exact) mass is 221 g/mol. The lowest BCUT2D eigenvalue weighted by atomic mass is 10.7. The minimum Gasteiger partial charge on any atom is -0.306 e. The summed E-state index contributed by atoms with van der Waals surface area (Å²) in [5, 5.41) is 18.5. The highest BCUT2D eigenvalue weighted by Gasteiger charge is 2.01. The fraction of sp³-hybridized carbons (Fsp3) is 0.143. The van der Waals surface area contributed by atoms with E-state index < -0.39 is 0 Å². The van der Waals surface area contributed by atoms with Crippen molar-refractivity contribution >= 4 is 23.5 Å². The van der Waals surface area contributed by atoms with E-state index in [2.05, 4.69) is 35.7 Å². The zero-order chi connectivity index (χ0) is 10.5. The molecule has 2 heterocycles. The highest BCUT2D eigenvalue weighted by molar-refractivity contribution is 7.98. The van der Waals surface area contributed by atoms with E-state index in [1.54, 1.807) is 6.20 Å². The summed E-state index contributed by atoms with van der Waals surface area (Å²) in [4.78, 5) is 8.11. The number of aromatic nitrogens is 6. The zero-order valence-electron chi connectivity index (χ0n) is 7.82. The lowest BCUT2D eigenvalue weighted by Crippen LogP contribution is -2.01. The van der Waals surface area contributed by atoms with Gasteiger partial charge in [-0.1, -0.05) is 11.8 Å². The molecule has 0 aromatic carbocycles. The molecule has 0 radical (unpaired) electrons. The molecule has 8 heteroatoms. The molecule has 0 spiro atoms. The predicted molar refractivity (Wildman–Crippen MR) is 54.7 cm³/mol. The van der Waals surface area contributed by atoms with Crippen LogP contribution >= 0.6 is 11.8 Å². The van der Waals surface area contributed by atoms with Gasteiger partial charge in [-0.2, -0.15) is 10.2 Å². The van der Waals surface area contributed by atoms with Crippen LogP contribution in [-0.2, 0) is 0 Å². The fourth-order valence-corrected chi connectivity index (χ4v) is 1.17. The van der Waals surface area contributed by atoms with Crippen LogP contribution in [0.2, 0.25) is 0 Å². The normalized spacial score (nSPS) is 9.93. The predicted octanol–water partition coefficient (Wildman–Crippen LogP) is 0.522. The molecule has 0 bridgehead atoms. The minimum atomic E-state index is 0.380. The first-order chi connectivity index (χ1) is 7.38. The van der Waals surface area contributed by atoms with Gasteiger partial charge in [0.05, 0.1) is 18.6 Å². The van der Waals surface area contributed by atoms with Crippen molar-refractivity contribution in [1.29, 1.82) is 0 Å². The lowest BCUT2D eigenvalue weighted by Gasteiger charge is -2.01. The van der Waals surface area contributed by atoms with Gasteiger partial charge in [0, 0.05) is 0 Å². The van der Waals surface area contributed by atoms with Crippen molar-refractivity contribution in [3.05, 3.63) is 18.6 Å². The van der Waals surface area contributed by atoms with Crippen molar-refractivity contribution in [2.75, 3.05) is 11.6 Å². The minimum absolute atomic E-state index is 0.380. The molecule has 0 aliphatic heterocycles. The first-order valence-corrected chi connectivity index (χ1v) is 5.25. The van der Waals surface area contributed by atoms with Gasteiger partial charge in [-0.3, -0.25) is 0 Å². The Morgan fingerprint density at radius 3 is 2.87 bits per heavy atom. The number of nitrogens with one attached hydrogen (secondary N) is 1. The first-order valence-electron chi connectivity index (χ1n) is 4.03. The standard InChI is InChI=1S/C7H7N7S/c1-15-7-12-5(4-10-14-7)11-6-8-2-3-9-13-6/h2-4H,1H3,(H,8,11,12,13,14). The van der Waals surface area contributed by atoms with Crippen LogP contribution in [0.25, 0.3) is 0 Å². The molecule has 76 valence electrons. The molecule has 0 saturated carbocycles. The highest BCUT2D eigenvalue weighted by atomic mass is 32.2. The number of hydrogen-bond donors (Lipinski definition) is 1. The van der Waals surface area contributed by atoms with E-state index in [-0.39, 0.29) is 0 Å². The maximum atomic E-state index is 4.16. The fourth-order valence-electron chi connectivity index (χ4n) is 0.853. The molecule has 15 heavy (non-hydrogen) atoms. The first kappa shape index (κ1) is 9.71. The molecular weight excluding hydrogens is 214 g/mol. The molecule has 0 aliphatic carbocycles. The molecule has 0 amide bonds. The quantitative estimate of drug-likeness (QED) is 0.750. The third kappa shape index (κ3) is 2.56. The second kappa shape index (κ2) is 4.60. The van der Waals surface area contributed by atoms with Crippen LogP contribution in [0.15, 0.2) is 23.7 Å². The molecule has 2 aromatic rings. The average molecular weight is 221 g/mol. The van der Waals surface area contributed by atoms with Gasteiger partial charge < -0.3 is 5.32 Å². The summed E-state index contributed by atoms with van der Waals surface area (Å²) in [7, 11) is 0. The summed E-state index contributed by atoms with van der Waals surface area (Å²) in [5.41, 5.74) is 0. The molecule has 2 aromatic heterocycles. The van der Waals surface area contributed by atoms with E-state index in [1.165, 1.54) is 24.2 Å². The Hall–Kier alpha value is -1.83. The van der Waals surface area contributed by atoms with Crippen LogP contribution in [0.5, 0.6) is 0 Å². The maximum absolute atomic E-state index is 4.16. The van der Waals surface area contributed by atoms with Crippen LogP contribution < -0.4 is 5.32 Å². The summed E-state index contributed by atoms with van der Waals surface area (Å²) >= 11 is 1.41.